The number of rotatable bonds is 5. The van der Waals surface area contributed by atoms with E-state index in [1.807, 2.05) is 6.92 Å². The number of hydrogen-bond acceptors (Lipinski definition) is 4. The average Bonchev–Trinajstić information content (AvgIpc) is 2.66. The summed E-state index contributed by atoms with van der Waals surface area (Å²) in [5, 5.41) is 0. The average molecular weight is 276 g/mol. The molecule has 0 radical (unpaired) electrons. The number of Topliss-reactive ketones (excluding diaryl/α,β-unsaturated/α-hetero) is 1. The van der Waals surface area contributed by atoms with Crippen molar-refractivity contribution in [1.29, 1.82) is 0 Å². The van der Waals surface area contributed by atoms with Crippen LogP contribution in [0.25, 0.3) is 0 Å². The highest BCUT2D eigenvalue weighted by molar-refractivity contribution is 6.08. The molecule has 0 bridgehead atoms. The number of benzene rings is 1. The molecule has 1 aliphatic rings. The fourth-order valence-electron chi connectivity index (χ4n) is 2.03. The first-order chi connectivity index (χ1) is 9.54. The van der Waals surface area contributed by atoms with Crippen LogP contribution in [0.3, 0.4) is 0 Å². The third kappa shape index (κ3) is 2.64. The second kappa shape index (κ2) is 5.73. The van der Waals surface area contributed by atoms with Gasteiger partial charge in [-0.1, -0.05) is 12.1 Å². The highest BCUT2D eigenvalue weighted by atomic mass is 16.5. The maximum atomic E-state index is 12.2. The van der Waals surface area contributed by atoms with Crippen molar-refractivity contribution in [1.82, 2.24) is 9.80 Å². The second-order valence-corrected chi connectivity index (χ2v) is 4.47. The number of para-hydroxylation sites is 1. The molecule has 0 atom stereocenters. The van der Waals surface area contributed by atoms with Crippen molar-refractivity contribution in [3.8, 4) is 5.75 Å². The van der Waals surface area contributed by atoms with Gasteiger partial charge in [0.1, 0.15) is 12.3 Å². The Balaban J connectivity index is 2.17. The van der Waals surface area contributed by atoms with Crippen molar-refractivity contribution in [2.24, 2.45) is 0 Å². The van der Waals surface area contributed by atoms with E-state index in [1.165, 1.54) is 11.9 Å². The van der Waals surface area contributed by atoms with Gasteiger partial charge < -0.3 is 9.64 Å². The molecule has 1 aliphatic heterocycles. The molecule has 6 nitrogen and oxygen atoms in total. The number of imide groups is 1. The van der Waals surface area contributed by atoms with Crippen molar-refractivity contribution in [3.05, 3.63) is 29.8 Å². The molecule has 0 aliphatic carbocycles. The van der Waals surface area contributed by atoms with Crippen molar-refractivity contribution in [3.63, 3.8) is 0 Å². The van der Waals surface area contributed by atoms with E-state index in [-0.39, 0.29) is 24.8 Å². The van der Waals surface area contributed by atoms with Gasteiger partial charge in [0.05, 0.1) is 18.7 Å². The molecule has 20 heavy (non-hydrogen) atoms. The van der Waals surface area contributed by atoms with Gasteiger partial charge in [0.15, 0.2) is 5.78 Å². The zero-order valence-electron chi connectivity index (χ0n) is 11.5. The number of likely N-dealkylation sites (N-methyl/N-ethyl adjacent to an activating group) is 1. The number of hydrogen-bond donors (Lipinski definition) is 0. The van der Waals surface area contributed by atoms with Crippen LogP contribution in [0.1, 0.15) is 17.3 Å². The zero-order chi connectivity index (χ0) is 14.7. The normalized spacial score (nSPS) is 14.9. The maximum Gasteiger partial charge on any atom is 0.327 e. The minimum Gasteiger partial charge on any atom is -0.493 e. The monoisotopic (exact) mass is 276 g/mol. The topological polar surface area (TPSA) is 66.9 Å². The fraction of sp³-hybridized carbons (Fsp3) is 0.357. The van der Waals surface area contributed by atoms with E-state index in [2.05, 4.69) is 0 Å². The molecule has 1 saturated heterocycles. The Morgan fingerprint density at radius 1 is 1.30 bits per heavy atom. The molecule has 1 aromatic rings. The van der Waals surface area contributed by atoms with E-state index >= 15 is 0 Å². The predicted molar refractivity (Wildman–Crippen MR) is 71.7 cm³/mol. The van der Waals surface area contributed by atoms with Crippen LogP contribution in [0.15, 0.2) is 24.3 Å². The Bertz CT molecular complexity index is 556. The molecule has 0 aromatic heterocycles. The van der Waals surface area contributed by atoms with Gasteiger partial charge in [0.2, 0.25) is 0 Å². The minimum absolute atomic E-state index is 0.0131. The lowest BCUT2D eigenvalue weighted by Gasteiger charge is -2.14. The lowest BCUT2D eigenvalue weighted by Crippen LogP contribution is -2.36. The molecule has 0 saturated carbocycles. The van der Waals surface area contributed by atoms with Crippen molar-refractivity contribution < 1.29 is 19.1 Å². The number of urea groups is 1. The van der Waals surface area contributed by atoms with E-state index in [9.17, 15) is 14.4 Å². The first kappa shape index (κ1) is 14.0. The molecule has 1 heterocycles. The molecule has 6 heteroatoms. The summed E-state index contributed by atoms with van der Waals surface area (Å²) >= 11 is 0. The van der Waals surface area contributed by atoms with Gasteiger partial charge in [-0.2, -0.15) is 0 Å². The molecular formula is C14H16N2O4. The van der Waals surface area contributed by atoms with E-state index in [4.69, 9.17) is 4.74 Å². The van der Waals surface area contributed by atoms with Crippen LogP contribution in [-0.2, 0) is 4.79 Å². The Morgan fingerprint density at radius 2 is 2.00 bits per heavy atom. The van der Waals surface area contributed by atoms with Crippen LogP contribution < -0.4 is 4.74 Å². The summed E-state index contributed by atoms with van der Waals surface area (Å²) in [6.45, 7) is 2.02. The van der Waals surface area contributed by atoms with E-state index in [1.54, 1.807) is 24.3 Å². The number of nitrogens with zero attached hydrogens (tertiary/aromatic N) is 2. The summed E-state index contributed by atoms with van der Waals surface area (Å²) in [6, 6.07) is 6.35. The molecule has 106 valence electrons. The molecule has 3 amide bonds. The highest BCUT2D eigenvalue weighted by Crippen LogP contribution is 2.19. The van der Waals surface area contributed by atoms with Gasteiger partial charge in [-0.15, -0.1) is 0 Å². The second-order valence-electron chi connectivity index (χ2n) is 4.47. The van der Waals surface area contributed by atoms with Crippen LogP contribution >= 0.6 is 0 Å². The highest BCUT2D eigenvalue weighted by Gasteiger charge is 2.35. The van der Waals surface area contributed by atoms with Gasteiger partial charge in [-0.3, -0.25) is 14.5 Å². The zero-order valence-corrected chi connectivity index (χ0v) is 11.5. The molecule has 1 aromatic carbocycles. The number of carbonyl (C=O) groups excluding carboxylic acids is 3. The summed E-state index contributed by atoms with van der Waals surface area (Å²) in [5.74, 6) is -0.210. The summed E-state index contributed by atoms with van der Waals surface area (Å²) in [7, 11) is 1.53. The maximum absolute atomic E-state index is 12.2. The van der Waals surface area contributed by atoms with Crippen LogP contribution in [0.2, 0.25) is 0 Å². The van der Waals surface area contributed by atoms with Gasteiger partial charge in [-0.05, 0) is 19.1 Å². The molecule has 1 fully saturated rings. The van der Waals surface area contributed by atoms with Crippen molar-refractivity contribution in [2.45, 2.75) is 6.92 Å². The van der Waals surface area contributed by atoms with Crippen LogP contribution in [0.4, 0.5) is 4.79 Å². The summed E-state index contributed by atoms with van der Waals surface area (Å²) in [6.07, 6.45) is 0. The Hall–Kier alpha value is -2.37. The number of amides is 3. The summed E-state index contributed by atoms with van der Waals surface area (Å²) in [5.41, 5.74) is 0.379. The van der Waals surface area contributed by atoms with E-state index in [0.717, 1.165) is 4.90 Å². The Kier molecular flexibility index (Phi) is 4.02. The number of carbonyl (C=O) groups is 3. The summed E-state index contributed by atoms with van der Waals surface area (Å²) in [4.78, 5) is 37.9. The molecule has 0 spiro atoms. The first-order valence-electron chi connectivity index (χ1n) is 6.35. The predicted octanol–water partition coefficient (Wildman–Crippen LogP) is 1.16. The van der Waals surface area contributed by atoms with Gasteiger partial charge >= 0.3 is 6.03 Å². The largest absolute Gasteiger partial charge is 0.493 e. The van der Waals surface area contributed by atoms with E-state index in [0.29, 0.717) is 17.9 Å². The van der Waals surface area contributed by atoms with Crippen molar-refractivity contribution >= 4 is 17.7 Å². The fourth-order valence-corrected chi connectivity index (χ4v) is 2.03. The summed E-state index contributed by atoms with van der Waals surface area (Å²) < 4.78 is 5.38. The lowest BCUT2D eigenvalue weighted by atomic mass is 10.1. The number of ketones is 1. The van der Waals surface area contributed by atoms with Crippen LogP contribution in [0.5, 0.6) is 5.75 Å². The first-order valence-corrected chi connectivity index (χ1v) is 6.35. The third-order valence-electron chi connectivity index (χ3n) is 3.02. The van der Waals surface area contributed by atoms with Crippen LogP contribution in [0, 0.1) is 0 Å². The third-order valence-corrected chi connectivity index (χ3v) is 3.02. The van der Waals surface area contributed by atoms with E-state index < -0.39 is 6.03 Å². The standard InChI is InChI=1S/C14H16N2O4/c1-3-20-12-7-5-4-6-10(12)11(17)8-16-13(18)9-15(2)14(16)19/h4-7H,3,8-9H2,1-2H3. The quantitative estimate of drug-likeness (QED) is 0.598. The molecule has 2 rings (SSSR count). The van der Waals surface area contributed by atoms with Crippen molar-refractivity contribution in [2.75, 3.05) is 26.7 Å². The molecule has 0 N–H and O–H groups in total. The smallest absolute Gasteiger partial charge is 0.327 e. The Labute approximate surface area is 116 Å². The minimum atomic E-state index is -0.447. The van der Waals surface area contributed by atoms with Crippen LogP contribution in [-0.4, -0.2) is 54.3 Å². The lowest BCUT2D eigenvalue weighted by molar-refractivity contribution is -0.125. The SMILES string of the molecule is CCOc1ccccc1C(=O)CN1C(=O)CN(C)C1=O. The van der Waals surface area contributed by atoms with Gasteiger partial charge in [0.25, 0.3) is 5.91 Å². The number of ether oxygens (including phenoxy) is 1. The van der Waals surface area contributed by atoms with Gasteiger partial charge in [-0.25, -0.2) is 4.79 Å². The van der Waals surface area contributed by atoms with Gasteiger partial charge in [0, 0.05) is 7.05 Å². The Morgan fingerprint density at radius 3 is 2.60 bits per heavy atom. The molecule has 0 unspecified atom stereocenters. The molecular weight excluding hydrogens is 260 g/mol.